The van der Waals surface area contributed by atoms with Gasteiger partial charge in [0.25, 0.3) is 5.91 Å². The maximum absolute atomic E-state index is 11.7. The molecule has 0 radical (unpaired) electrons. The lowest BCUT2D eigenvalue weighted by molar-refractivity contribution is -0.127. The molecule has 0 aliphatic heterocycles. The van der Waals surface area contributed by atoms with Crippen molar-refractivity contribution in [2.75, 3.05) is 20.2 Å². The molecular weight excluding hydrogens is 316 g/mol. The molecule has 0 aromatic heterocycles. The van der Waals surface area contributed by atoms with Crippen LogP contribution in [0, 0.1) is 0 Å². The van der Waals surface area contributed by atoms with Crippen LogP contribution in [-0.2, 0) is 9.59 Å². The van der Waals surface area contributed by atoms with Crippen molar-refractivity contribution in [2.45, 2.75) is 38.0 Å². The number of rotatable bonds is 6. The van der Waals surface area contributed by atoms with Crippen LogP contribution in [0.3, 0.4) is 0 Å². The van der Waals surface area contributed by atoms with Crippen molar-refractivity contribution in [3.63, 3.8) is 0 Å². The highest BCUT2D eigenvalue weighted by Crippen LogP contribution is 2.38. The molecule has 2 N–H and O–H groups in total. The number of likely N-dealkylation sites (N-methyl/N-ethyl adjacent to an activating group) is 1. The molecule has 0 heterocycles. The van der Waals surface area contributed by atoms with E-state index in [4.69, 9.17) is 16.3 Å². The summed E-state index contributed by atoms with van der Waals surface area (Å²) in [5.41, 5.74) is 1.08. The molecule has 126 valence electrons. The van der Waals surface area contributed by atoms with Crippen LogP contribution in [-0.4, -0.2) is 32.0 Å². The van der Waals surface area contributed by atoms with Gasteiger partial charge in [-0.2, -0.15) is 0 Å². The highest BCUT2D eigenvalue weighted by atomic mass is 35.5. The average molecular weight is 339 g/mol. The first-order chi connectivity index (χ1) is 11.1. The van der Waals surface area contributed by atoms with E-state index in [0.717, 1.165) is 18.4 Å². The Labute approximate surface area is 141 Å². The summed E-state index contributed by atoms with van der Waals surface area (Å²) in [4.78, 5) is 22.9. The van der Waals surface area contributed by atoms with Gasteiger partial charge in [-0.25, -0.2) is 0 Å². The van der Waals surface area contributed by atoms with Gasteiger partial charge in [0, 0.05) is 12.1 Å². The van der Waals surface area contributed by atoms with Gasteiger partial charge in [0.1, 0.15) is 5.75 Å². The molecule has 1 aromatic carbocycles. The number of carbonyl (C=O) groups excluding carboxylic acids is 2. The molecule has 1 aliphatic carbocycles. The van der Waals surface area contributed by atoms with Gasteiger partial charge in [0.15, 0.2) is 6.61 Å². The fourth-order valence-electron chi connectivity index (χ4n) is 2.84. The van der Waals surface area contributed by atoms with Gasteiger partial charge in [-0.15, -0.1) is 0 Å². The lowest BCUT2D eigenvalue weighted by Crippen LogP contribution is -2.37. The fourth-order valence-corrected chi connectivity index (χ4v) is 3.03. The van der Waals surface area contributed by atoms with Gasteiger partial charge < -0.3 is 15.4 Å². The third-order valence-corrected chi connectivity index (χ3v) is 4.34. The van der Waals surface area contributed by atoms with E-state index >= 15 is 0 Å². The SMILES string of the molecule is CNC(=O)CNC(=O)COc1ccc(Cl)cc1C1CCCCC1. The summed E-state index contributed by atoms with van der Waals surface area (Å²) in [7, 11) is 1.52. The molecule has 0 atom stereocenters. The van der Waals surface area contributed by atoms with Crippen LogP contribution in [0.2, 0.25) is 5.02 Å². The Kier molecular flexibility index (Phi) is 6.71. The molecular formula is C17H23ClN2O3. The van der Waals surface area contributed by atoms with Crippen molar-refractivity contribution in [1.29, 1.82) is 0 Å². The smallest absolute Gasteiger partial charge is 0.258 e. The van der Waals surface area contributed by atoms with E-state index in [9.17, 15) is 9.59 Å². The number of hydrogen-bond donors (Lipinski definition) is 2. The zero-order valence-electron chi connectivity index (χ0n) is 13.4. The molecule has 0 saturated heterocycles. The van der Waals surface area contributed by atoms with E-state index in [2.05, 4.69) is 10.6 Å². The molecule has 0 unspecified atom stereocenters. The fraction of sp³-hybridized carbons (Fsp3) is 0.529. The Bertz CT molecular complexity index is 557. The molecule has 2 rings (SSSR count). The van der Waals surface area contributed by atoms with Crippen LogP contribution in [0.15, 0.2) is 18.2 Å². The first-order valence-corrected chi connectivity index (χ1v) is 8.37. The topological polar surface area (TPSA) is 67.4 Å². The summed E-state index contributed by atoms with van der Waals surface area (Å²) >= 11 is 6.12. The summed E-state index contributed by atoms with van der Waals surface area (Å²) in [6, 6.07) is 5.53. The van der Waals surface area contributed by atoms with Gasteiger partial charge in [-0.1, -0.05) is 30.9 Å². The number of hydrogen-bond acceptors (Lipinski definition) is 3. The maximum atomic E-state index is 11.7. The van der Waals surface area contributed by atoms with Crippen molar-refractivity contribution in [2.24, 2.45) is 0 Å². The minimum Gasteiger partial charge on any atom is -0.483 e. The molecule has 0 spiro atoms. The molecule has 2 amide bonds. The van der Waals surface area contributed by atoms with Gasteiger partial charge >= 0.3 is 0 Å². The second kappa shape index (κ2) is 8.77. The molecule has 5 nitrogen and oxygen atoms in total. The Hall–Kier alpha value is -1.75. The summed E-state index contributed by atoms with van der Waals surface area (Å²) in [5.74, 6) is 0.577. The van der Waals surface area contributed by atoms with Crippen molar-refractivity contribution < 1.29 is 14.3 Å². The van der Waals surface area contributed by atoms with Crippen LogP contribution >= 0.6 is 11.6 Å². The third kappa shape index (κ3) is 5.43. The highest BCUT2D eigenvalue weighted by molar-refractivity contribution is 6.30. The molecule has 1 aromatic rings. The van der Waals surface area contributed by atoms with E-state index in [1.165, 1.54) is 26.3 Å². The zero-order valence-corrected chi connectivity index (χ0v) is 14.1. The first kappa shape index (κ1) is 17.6. The lowest BCUT2D eigenvalue weighted by Gasteiger charge is -2.24. The molecule has 23 heavy (non-hydrogen) atoms. The molecule has 1 aliphatic rings. The largest absolute Gasteiger partial charge is 0.483 e. The number of carbonyl (C=O) groups is 2. The van der Waals surface area contributed by atoms with Crippen LogP contribution in [0.1, 0.15) is 43.6 Å². The molecule has 1 saturated carbocycles. The first-order valence-electron chi connectivity index (χ1n) is 7.99. The number of halogens is 1. The molecule has 6 heteroatoms. The zero-order chi connectivity index (χ0) is 16.7. The normalized spacial score (nSPS) is 15.0. The highest BCUT2D eigenvalue weighted by Gasteiger charge is 2.20. The van der Waals surface area contributed by atoms with E-state index in [1.807, 2.05) is 12.1 Å². The predicted octanol–water partition coefficient (Wildman–Crippen LogP) is 2.63. The van der Waals surface area contributed by atoms with E-state index in [1.54, 1.807) is 6.07 Å². The predicted molar refractivity (Wildman–Crippen MR) is 89.8 cm³/mol. The molecule has 0 bridgehead atoms. The maximum Gasteiger partial charge on any atom is 0.258 e. The lowest BCUT2D eigenvalue weighted by atomic mass is 9.84. The standard InChI is InChI=1S/C17H23ClN2O3/c1-19-16(21)10-20-17(22)11-23-15-8-7-13(18)9-14(15)12-5-3-2-4-6-12/h7-9,12H,2-6,10-11H2,1H3,(H,19,21)(H,20,22). The minimum atomic E-state index is -0.321. The monoisotopic (exact) mass is 338 g/mol. The summed E-state index contributed by atoms with van der Waals surface area (Å²) in [5, 5.41) is 5.64. The van der Waals surface area contributed by atoms with Crippen LogP contribution in [0.5, 0.6) is 5.75 Å². The quantitative estimate of drug-likeness (QED) is 0.838. The second-order valence-electron chi connectivity index (χ2n) is 5.76. The van der Waals surface area contributed by atoms with Crippen molar-refractivity contribution >= 4 is 23.4 Å². The number of benzene rings is 1. The van der Waals surface area contributed by atoms with Crippen LogP contribution < -0.4 is 15.4 Å². The van der Waals surface area contributed by atoms with Gasteiger partial charge in [0.05, 0.1) is 6.54 Å². The minimum absolute atomic E-state index is 0.0468. The number of amides is 2. The van der Waals surface area contributed by atoms with Crippen molar-refractivity contribution in [3.05, 3.63) is 28.8 Å². The summed E-state index contributed by atoms with van der Waals surface area (Å²) in [6.45, 7) is -0.160. The summed E-state index contributed by atoms with van der Waals surface area (Å²) in [6.07, 6.45) is 5.95. The van der Waals surface area contributed by atoms with E-state index < -0.39 is 0 Å². The number of ether oxygens (including phenoxy) is 1. The van der Waals surface area contributed by atoms with Crippen molar-refractivity contribution in [3.8, 4) is 5.75 Å². The summed E-state index contributed by atoms with van der Waals surface area (Å²) < 4.78 is 5.67. The van der Waals surface area contributed by atoms with Crippen LogP contribution in [0.4, 0.5) is 0 Å². The van der Waals surface area contributed by atoms with Gasteiger partial charge in [0.2, 0.25) is 5.91 Å². The Balaban J connectivity index is 1.96. The second-order valence-corrected chi connectivity index (χ2v) is 6.19. The number of nitrogens with one attached hydrogen (secondary N) is 2. The molecule has 1 fully saturated rings. The van der Waals surface area contributed by atoms with Crippen molar-refractivity contribution in [1.82, 2.24) is 10.6 Å². The third-order valence-electron chi connectivity index (χ3n) is 4.10. The van der Waals surface area contributed by atoms with Gasteiger partial charge in [-0.05, 0) is 42.5 Å². The van der Waals surface area contributed by atoms with E-state index in [0.29, 0.717) is 16.7 Å². The Morgan fingerprint density at radius 2 is 1.96 bits per heavy atom. The Morgan fingerprint density at radius 3 is 2.65 bits per heavy atom. The van der Waals surface area contributed by atoms with Gasteiger partial charge in [-0.3, -0.25) is 9.59 Å². The van der Waals surface area contributed by atoms with E-state index in [-0.39, 0.29) is 25.0 Å². The average Bonchev–Trinajstić information content (AvgIpc) is 2.59. The van der Waals surface area contributed by atoms with Crippen LogP contribution in [0.25, 0.3) is 0 Å². The Morgan fingerprint density at radius 1 is 1.22 bits per heavy atom.